The first-order chi connectivity index (χ1) is 13.3. The second-order valence-electron chi connectivity index (χ2n) is 6.56. The molecule has 1 aromatic carbocycles. The third-order valence-electron chi connectivity index (χ3n) is 4.60. The van der Waals surface area contributed by atoms with E-state index in [0.29, 0.717) is 24.6 Å². The molecule has 1 aliphatic heterocycles. The maximum Gasteiger partial charge on any atom is 0.417 e. The molecule has 1 saturated heterocycles. The summed E-state index contributed by atoms with van der Waals surface area (Å²) in [5.74, 6) is -0.449. The van der Waals surface area contributed by atoms with E-state index >= 15 is 0 Å². The molecule has 1 aromatic heterocycles. The Kier molecular flexibility index (Phi) is 5.66. The molecule has 1 N–H and O–H groups in total. The number of piperidine rings is 1. The van der Waals surface area contributed by atoms with Crippen LogP contribution < -0.4 is 5.32 Å². The minimum absolute atomic E-state index is 0.109. The second-order valence-corrected chi connectivity index (χ2v) is 6.56. The van der Waals surface area contributed by atoms with Gasteiger partial charge < -0.3 is 14.7 Å². The van der Waals surface area contributed by atoms with Crippen molar-refractivity contribution < 1.29 is 27.3 Å². The molecule has 1 fully saturated rings. The van der Waals surface area contributed by atoms with E-state index < -0.39 is 17.6 Å². The van der Waals surface area contributed by atoms with Crippen molar-refractivity contribution in [3.05, 3.63) is 47.1 Å². The van der Waals surface area contributed by atoms with E-state index in [4.69, 9.17) is 4.52 Å². The summed E-state index contributed by atoms with van der Waals surface area (Å²) in [6, 6.07) is 4.73. The molecule has 150 valence electrons. The molecule has 1 aliphatic rings. The number of aryl methyl sites for hydroxylation is 1. The molecule has 0 saturated carbocycles. The molecule has 0 spiro atoms. The Labute approximate surface area is 158 Å². The van der Waals surface area contributed by atoms with Crippen LogP contribution in [0.4, 0.5) is 13.2 Å². The van der Waals surface area contributed by atoms with Crippen molar-refractivity contribution in [1.29, 1.82) is 0 Å². The maximum absolute atomic E-state index is 13.1. The standard InChI is InChI=1S/C18H19F3N4O3/c1-11-23-15(28-24-11)10-22-16(26)12-6-8-25(9-7-12)17(27)13-4-2-3-5-14(13)18(19,20)21/h2-5,12H,6-10H2,1H3,(H,22,26). The lowest BCUT2D eigenvalue weighted by Gasteiger charge is -2.31. The van der Waals surface area contributed by atoms with Crippen molar-refractivity contribution in [1.82, 2.24) is 20.4 Å². The van der Waals surface area contributed by atoms with Crippen LogP contribution in [0.25, 0.3) is 0 Å². The van der Waals surface area contributed by atoms with Gasteiger partial charge in [0, 0.05) is 19.0 Å². The Balaban J connectivity index is 1.56. The van der Waals surface area contributed by atoms with Gasteiger partial charge in [0.2, 0.25) is 11.8 Å². The molecular formula is C18H19F3N4O3. The van der Waals surface area contributed by atoms with Crippen LogP contribution in [-0.2, 0) is 17.5 Å². The van der Waals surface area contributed by atoms with Gasteiger partial charge in [-0.2, -0.15) is 18.2 Å². The average molecular weight is 396 g/mol. The Morgan fingerprint density at radius 2 is 1.93 bits per heavy atom. The van der Waals surface area contributed by atoms with Gasteiger partial charge in [-0.05, 0) is 31.9 Å². The van der Waals surface area contributed by atoms with Crippen molar-refractivity contribution in [2.24, 2.45) is 5.92 Å². The number of rotatable bonds is 4. The lowest BCUT2D eigenvalue weighted by molar-refractivity contribution is -0.138. The number of halogens is 3. The zero-order chi connectivity index (χ0) is 20.3. The molecule has 10 heteroatoms. The zero-order valence-electron chi connectivity index (χ0n) is 15.1. The molecule has 2 aromatic rings. The fraction of sp³-hybridized carbons (Fsp3) is 0.444. The molecule has 0 radical (unpaired) electrons. The smallest absolute Gasteiger partial charge is 0.347 e. The first-order valence-electron chi connectivity index (χ1n) is 8.78. The molecule has 2 heterocycles. The Morgan fingerprint density at radius 3 is 2.54 bits per heavy atom. The molecule has 28 heavy (non-hydrogen) atoms. The normalized spacial score (nSPS) is 15.5. The van der Waals surface area contributed by atoms with Gasteiger partial charge >= 0.3 is 6.18 Å². The summed E-state index contributed by atoms with van der Waals surface area (Å²) in [5.41, 5.74) is -1.32. The summed E-state index contributed by atoms with van der Waals surface area (Å²) < 4.78 is 44.3. The molecule has 0 unspecified atom stereocenters. The molecule has 0 atom stereocenters. The summed E-state index contributed by atoms with van der Waals surface area (Å²) in [7, 11) is 0. The largest absolute Gasteiger partial charge is 0.417 e. The fourth-order valence-corrected chi connectivity index (χ4v) is 3.15. The van der Waals surface area contributed by atoms with Crippen molar-refractivity contribution in [3.8, 4) is 0 Å². The number of nitrogens with zero attached hydrogens (tertiary/aromatic N) is 3. The third-order valence-corrected chi connectivity index (χ3v) is 4.60. The molecule has 2 amide bonds. The number of amides is 2. The van der Waals surface area contributed by atoms with E-state index in [1.54, 1.807) is 6.92 Å². The SMILES string of the molecule is Cc1noc(CNC(=O)C2CCN(C(=O)c3ccccc3C(F)(F)F)CC2)n1. The van der Waals surface area contributed by atoms with Gasteiger partial charge in [0.25, 0.3) is 5.91 Å². The van der Waals surface area contributed by atoms with Crippen LogP contribution in [0.5, 0.6) is 0 Å². The van der Waals surface area contributed by atoms with E-state index in [1.165, 1.54) is 23.1 Å². The van der Waals surface area contributed by atoms with Crippen LogP contribution in [0, 0.1) is 12.8 Å². The van der Waals surface area contributed by atoms with Crippen LogP contribution in [0.15, 0.2) is 28.8 Å². The number of likely N-dealkylation sites (tertiary alicyclic amines) is 1. The Morgan fingerprint density at radius 1 is 1.25 bits per heavy atom. The van der Waals surface area contributed by atoms with E-state index in [-0.39, 0.29) is 37.0 Å². The van der Waals surface area contributed by atoms with Crippen LogP contribution in [0.3, 0.4) is 0 Å². The minimum atomic E-state index is -4.60. The quantitative estimate of drug-likeness (QED) is 0.858. The summed E-state index contributed by atoms with van der Waals surface area (Å²) in [4.78, 5) is 30.2. The number of nitrogens with one attached hydrogen (secondary N) is 1. The maximum atomic E-state index is 13.1. The number of aromatic nitrogens is 2. The predicted octanol–water partition coefficient (Wildman–Crippen LogP) is 2.57. The van der Waals surface area contributed by atoms with Gasteiger partial charge in [-0.1, -0.05) is 17.3 Å². The number of hydrogen-bond donors (Lipinski definition) is 1. The first-order valence-corrected chi connectivity index (χ1v) is 8.78. The summed E-state index contributed by atoms with van der Waals surface area (Å²) >= 11 is 0. The lowest BCUT2D eigenvalue weighted by Crippen LogP contribution is -2.43. The van der Waals surface area contributed by atoms with Gasteiger partial charge in [-0.15, -0.1) is 0 Å². The zero-order valence-corrected chi connectivity index (χ0v) is 15.1. The number of benzene rings is 1. The second kappa shape index (κ2) is 7.99. The van der Waals surface area contributed by atoms with E-state index in [9.17, 15) is 22.8 Å². The van der Waals surface area contributed by atoms with Crippen molar-refractivity contribution >= 4 is 11.8 Å². The molecular weight excluding hydrogens is 377 g/mol. The minimum Gasteiger partial charge on any atom is -0.347 e. The van der Waals surface area contributed by atoms with Gasteiger partial charge in [0.1, 0.15) is 0 Å². The summed E-state index contributed by atoms with van der Waals surface area (Å²) in [6.45, 7) is 2.20. The highest BCUT2D eigenvalue weighted by Gasteiger charge is 2.37. The molecule has 7 nitrogen and oxygen atoms in total. The van der Waals surface area contributed by atoms with Crippen LogP contribution in [-0.4, -0.2) is 39.9 Å². The van der Waals surface area contributed by atoms with Gasteiger partial charge in [-0.25, -0.2) is 0 Å². The fourth-order valence-electron chi connectivity index (χ4n) is 3.15. The van der Waals surface area contributed by atoms with Gasteiger partial charge in [0.05, 0.1) is 17.7 Å². The van der Waals surface area contributed by atoms with Gasteiger partial charge in [0.15, 0.2) is 5.82 Å². The Bertz CT molecular complexity index is 858. The van der Waals surface area contributed by atoms with Crippen molar-refractivity contribution in [3.63, 3.8) is 0 Å². The average Bonchev–Trinajstić information content (AvgIpc) is 3.10. The predicted molar refractivity (Wildman–Crippen MR) is 91.0 cm³/mol. The van der Waals surface area contributed by atoms with E-state index in [0.717, 1.165) is 6.07 Å². The van der Waals surface area contributed by atoms with Crippen LogP contribution in [0.2, 0.25) is 0 Å². The van der Waals surface area contributed by atoms with Crippen LogP contribution in [0.1, 0.15) is 40.5 Å². The van der Waals surface area contributed by atoms with Gasteiger partial charge in [-0.3, -0.25) is 9.59 Å². The van der Waals surface area contributed by atoms with Crippen molar-refractivity contribution in [2.75, 3.05) is 13.1 Å². The first kappa shape index (κ1) is 19.8. The number of hydrogen-bond acceptors (Lipinski definition) is 5. The number of alkyl halides is 3. The Hall–Kier alpha value is -2.91. The third kappa shape index (κ3) is 4.49. The molecule has 0 aliphatic carbocycles. The number of carbonyl (C=O) groups excluding carboxylic acids is 2. The highest BCUT2D eigenvalue weighted by Crippen LogP contribution is 2.33. The van der Waals surface area contributed by atoms with Crippen molar-refractivity contribution in [2.45, 2.75) is 32.5 Å². The monoisotopic (exact) mass is 396 g/mol. The lowest BCUT2D eigenvalue weighted by atomic mass is 9.95. The summed E-state index contributed by atoms with van der Waals surface area (Å²) in [5, 5.41) is 6.33. The summed E-state index contributed by atoms with van der Waals surface area (Å²) in [6.07, 6.45) is -3.86. The number of carbonyl (C=O) groups is 2. The molecule has 0 bridgehead atoms. The highest BCUT2D eigenvalue weighted by atomic mass is 19.4. The van der Waals surface area contributed by atoms with E-state index in [2.05, 4.69) is 15.5 Å². The highest BCUT2D eigenvalue weighted by molar-refractivity contribution is 5.96. The molecule has 3 rings (SSSR count). The topological polar surface area (TPSA) is 88.3 Å². The van der Waals surface area contributed by atoms with E-state index in [1.807, 2.05) is 0 Å². The van der Waals surface area contributed by atoms with Crippen LogP contribution >= 0.6 is 0 Å².